The number of rotatable bonds is 43. The standard InChI is InChI=1S/C57H91NO7/c1-6-8-10-12-14-16-18-20-22-24-26-27-28-29-30-32-33-35-37-39-41-43-45-47-55(59)64-52-53(51-63-50-49-54(57(61)62)58(3,4)5)65-56(60)48-46-44-42-40-38-36-34-31-25-23-21-19-17-15-13-11-9-7-2/h8,10,14-17,19-23,25-27,29-31,33-35,53-54H,6-7,9,11-13,18,24,28,32,36-52H2,1-5H3/b10-8+,16-14+,17-15+,21-19+,22-20+,25-23+,27-26+,30-29+,34-31+,35-33+. The number of allylic oxidation sites excluding steroid dienone is 20. The molecule has 0 aliphatic carbocycles. The van der Waals surface area contributed by atoms with Gasteiger partial charge in [0.25, 0.3) is 0 Å². The predicted molar refractivity (Wildman–Crippen MR) is 272 cm³/mol. The summed E-state index contributed by atoms with van der Waals surface area (Å²) in [6, 6.07) is -0.743. The molecule has 2 unspecified atom stereocenters. The predicted octanol–water partition coefficient (Wildman–Crippen LogP) is 13.2. The zero-order valence-corrected chi connectivity index (χ0v) is 41.6. The molecule has 0 saturated heterocycles. The average Bonchev–Trinajstić information content (AvgIpc) is 3.27. The highest BCUT2D eigenvalue weighted by Gasteiger charge is 2.25. The molecule has 0 N–H and O–H groups in total. The van der Waals surface area contributed by atoms with Gasteiger partial charge in [0.1, 0.15) is 12.6 Å². The third-order valence-electron chi connectivity index (χ3n) is 10.4. The minimum absolute atomic E-state index is 0.0136. The lowest BCUT2D eigenvalue weighted by molar-refractivity contribution is -0.889. The molecule has 0 aromatic carbocycles. The van der Waals surface area contributed by atoms with E-state index in [-0.39, 0.29) is 49.1 Å². The monoisotopic (exact) mass is 902 g/mol. The largest absolute Gasteiger partial charge is 0.544 e. The van der Waals surface area contributed by atoms with Gasteiger partial charge in [-0.05, 0) is 89.9 Å². The van der Waals surface area contributed by atoms with Crippen LogP contribution in [0.4, 0.5) is 0 Å². The van der Waals surface area contributed by atoms with E-state index in [1.54, 1.807) is 21.1 Å². The first kappa shape index (κ1) is 60.7. The van der Waals surface area contributed by atoms with Crippen molar-refractivity contribution in [1.29, 1.82) is 0 Å². The van der Waals surface area contributed by atoms with Crippen molar-refractivity contribution in [2.75, 3.05) is 41.0 Å². The Labute approximate surface area is 397 Å². The molecule has 65 heavy (non-hydrogen) atoms. The first-order valence-corrected chi connectivity index (χ1v) is 25.1. The summed E-state index contributed by atoms with van der Waals surface area (Å²) in [4.78, 5) is 37.0. The van der Waals surface area contributed by atoms with Crippen LogP contribution in [0, 0.1) is 0 Å². The Morgan fingerprint density at radius 1 is 0.492 bits per heavy atom. The summed E-state index contributed by atoms with van der Waals surface area (Å²) in [6.07, 6.45) is 65.0. The van der Waals surface area contributed by atoms with Crippen molar-refractivity contribution in [2.45, 2.75) is 180 Å². The number of aliphatic carboxylic acids is 1. The number of likely N-dealkylation sites (N-methyl/N-ethyl adjacent to an activating group) is 1. The SMILES string of the molecule is CC/C=C/C/C=C/C/C=C/C/C=C/C/C=C/C/C=C/CCCCCCC(=O)OCC(COCCC(C(=O)[O-])[N+](C)(C)C)OC(=O)CCCCCCC/C=C/C=C/C=C/C=C/CCCCC. The molecule has 0 fully saturated rings. The van der Waals surface area contributed by atoms with E-state index in [0.29, 0.717) is 6.42 Å². The van der Waals surface area contributed by atoms with Crippen LogP contribution in [0.25, 0.3) is 0 Å². The normalized spacial score (nSPS) is 13.9. The first-order valence-electron chi connectivity index (χ1n) is 25.1. The van der Waals surface area contributed by atoms with Gasteiger partial charge in [0.2, 0.25) is 0 Å². The quantitative estimate of drug-likeness (QED) is 0.0197. The highest BCUT2D eigenvalue weighted by molar-refractivity contribution is 5.70. The van der Waals surface area contributed by atoms with Crippen LogP contribution in [-0.4, -0.2) is 75.5 Å². The maximum Gasteiger partial charge on any atom is 0.306 e. The molecule has 0 heterocycles. The molecular formula is C57H91NO7. The fraction of sp³-hybridized carbons (Fsp3) is 0.596. The number of unbranched alkanes of at least 4 members (excludes halogenated alkanes) is 12. The molecule has 0 aliphatic rings. The molecule has 0 saturated carbocycles. The summed E-state index contributed by atoms with van der Waals surface area (Å²) in [5, 5.41) is 11.7. The number of quaternary nitrogens is 1. The maximum absolute atomic E-state index is 12.8. The summed E-state index contributed by atoms with van der Waals surface area (Å²) in [7, 11) is 5.38. The summed E-state index contributed by atoms with van der Waals surface area (Å²) < 4.78 is 17.2. The van der Waals surface area contributed by atoms with Gasteiger partial charge in [-0.15, -0.1) is 0 Å². The zero-order chi connectivity index (χ0) is 47.7. The van der Waals surface area contributed by atoms with Crippen molar-refractivity contribution >= 4 is 17.9 Å². The van der Waals surface area contributed by atoms with E-state index < -0.39 is 18.1 Å². The van der Waals surface area contributed by atoms with Crippen LogP contribution in [0.2, 0.25) is 0 Å². The molecule has 8 nitrogen and oxygen atoms in total. The Hall–Kier alpha value is -4.27. The molecule has 2 atom stereocenters. The number of carbonyl (C=O) groups excluding carboxylic acids is 3. The van der Waals surface area contributed by atoms with E-state index in [0.717, 1.165) is 116 Å². The summed E-state index contributed by atoms with van der Waals surface area (Å²) in [5.41, 5.74) is 0. The van der Waals surface area contributed by atoms with Crippen LogP contribution in [0.15, 0.2) is 122 Å². The smallest absolute Gasteiger partial charge is 0.306 e. The second-order valence-electron chi connectivity index (χ2n) is 17.4. The molecule has 0 aliphatic heterocycles. The van der Waals surface area contributed by atoms with E-state index >= 15 is 0 Å². The van der Waals surface area contributed by atoms with Gasteiger partial charge in [-0.1, -0.05) is 180 Å². The second kappa shape index (κ2) is 46.3. The number of ether oxygens (including phenoxy) is 3. The van der Waals surface area contributed by atoms with Crippen molar-refractivity contribution in [1.82, 2.24) is 0 Å². The molecule has 0 amide bonds. The topological polar surface area (TPSA) is 102 Å². The van der Waals surface area contributed by atoms with Gasteiger partial charge in [0.05, 0.1) is 40.3 Å². The summed E-state index contributed by atoms with van der Waals surface area (Å²) in [6.45, 7) is 4.44. The number of hydrogen-bond donors (Lipinski definition) is 0. The van der Waals surface area contributed by atoms with Gasteiger partial charge in [-0.3, -0.25) is 9.59 Å². The highest BCUT2D eigenvalue weighted by Crippen LogP contribution is 2.12. The van der Waals surface area contributed by atoms with Gasteiger partial charge in [0.15, 0.2) is 6.10 Å². The van der Waals surface area contributed by atoms with Crippen molar-refractivity contribution < 1.29 is 38.2 Å². The molecule has 366 valence electrons. The minimum Gasteiger partial charge on any atom is -0.544 e. The third-order valence-corrected chi connectivity index (χ3v) is 10.4. The lowest BCUT2D eigenvalue weighted by Gasteiger charge is -2.34. The number of carboxylic acid groups (broad SMARTS) is 1. The lowest BCUT2D eigenvalue weighted by atomic mass is 10.1. The molecule has 0 spiro atoms. The van der Waals surface area contributed by atoms with E-state index in [1.807, 2.05) is 6.08 Å². The van der Waals surface area contributed by atoms with Crippen LogP contribution in [0.3, 0.4) is 0 Å². The van der Waals surface area contributed by atoms with E-state index in [4.69, 9.17) is 14.2 Å². The number of esters is 2. The van der Waals surface area contributed by atoms with Crippen molar-refractivity contribution in [3.05, 3.63) is 122 Å². The summed E-state index contributed by atoms with van der Waals surface area (Å²) in [5.74, 6) is -1.81. The van der Waals surface area contributed by atoms with Gasteiger partial charge in [0, 0.05) is 19.3 Å². The van der Waals surface area contributed by atoms with E-state index in [1.165, 1.54) is 19.3 Å². The molecule has 8 heteroatoms. The van der Waals surface area contributed by atoms with Gasteiger partial charge in [-0.2, -0.15) is 0 Å². The minimum atomic E-state index is -1.14. The van der Waals surface area contributed by atoms with Crippen molar-refractivity contribution in [3.8, 4) is 0 Å². The fourth-order valence-corrected chi connectivity index (χ4v) is 6.56. The first-order chi connectivity index (χ1) is 31.6. The Morgan fingerprint density at radius 2 is 0.923 bits per heavy atom. The lowest BCUT2D eigenvalue weighted by Crippen LogP contribution is -2.55. The molecule has 0 radical (unpaired) electrons. The Bertz CT molecular complexity index is 1470. The van der Waals surface area contributed by atoms with Crippen LogP contribution in [0.1, 0.15) is 168 Å². The van der Waals surface area contributed by atoms with Crippen molar-refractivity contribution in [2.24, 2.45) is 0 Å². The number of carboxylic acids is 1. The number of carbonyl (C=O) groups is 3. The average molecular weight is 902 g/mol. The van der Waals surface area contributed by atoms with Crippen LogP contribution < -0.4 is 5.11 Å². The maximum atomic E-state index is 12.8. The summed E-state index contributed by atoms with van der Waals surface area (Å²) >= 11 is 0. The van der Waals surface area contributed by atoms with Gasteiger partial charge >= 0.3 is 11.9 Å². The third kappa shape index (κ3) is 44.7. The van der Waals surface area contributed by atoms with Crippen LogP contribution >= 0.6 is 0 Å². The van der Waals surface area contributed by atoms with Crippen LogP contribution in [-0.2, 0) is 28.6 Å². The van der Waals surface area contributed by atoms with E-state index in [2.05, 4.69) is 129 Å². The molecular weight excluding hydrogens is 811 g/mol. The molecule has 0 bridgehead atoms. The van der Waals surface area contributed by atoms with Crippen molar-refractivity contribution in [3.63, 3.8) is 0 Å². The van der Waals surface area contributed by atoms with Crippen LogP contribution in [0.5, 0.6) is 0 Å². The Morgan fingerprint density at radius 3 is 1.42 bits per heavy atom. The zero-order valence-electron chi connectivity index (χ0n) is 41.6. The Kier molecular flexibility index (Phi) is 43.2. The van der Waals surface area contributed by atoms with Gasteiger partial charge < -0.3 is 28.6 Å². The highest BCUT2D eigenvalue weighted by atomic mass is 16.6. The molecule has 0 aromatic rings. The number of hydrogen-bond acceptors (Lipinski definition) is 7. The van der Waals surface area contributed by atoms with Gasteiger partial charge in [-0.25, -0.2) is 0 Å². The Balaban J connectivity index is 4.40. The van der Waals surface area contributed by atoms with E-state index in [9.17, 15) is 19.5 Å². The molecule has 0 rings (SSSR count). The second-order valence-corrected chi connectivity index (χ2v) is 17.4. The molecule has 0 aromatic heterocycles. The fourth-order valence-electron chi connectivity index (χ4n) is 6.56. The number of nitrogens with zero attached hydrogens (tertiary/aromatic N) is 1.